The number of aryl methyl sites for hydroxylation is 1. The van der Waals surface area contributed by atoms with E-state index >= 15 is 0 Å². The summed E-state index contributed by atoms with van der Waals surface area (Å²) in [4.78, 5) is 11.7. The standard InChI is InChI=1S/C45H31ClN2Si.C36H26ClNOSi.C33H28ClNSi/c46-42-18-9-19-44-45(42)41-30-38(26-27-43(41)49(44,39-15-5-2-6-16-39)40-17-10-28-47-31-40)48(37-25-22-33-13-7-8-14-35(33)29-37)36-23-20-34(21-24-36)32-11-3-1-4-12-32;1-40(2)33-21-20-24(22-28(33)35-29(37)15-9-19-34(35)40)38(30-16-7-11-23-10-3-4-12-25(23)30)31-17-8-14-27-26-13-5-6-18-32(26)39-36(27)31;1-23-10-7-14-26(20-23)35(27-15-8-13-25(21-27)24-11-5-4-6-12-24)28-18-19-31-29(22-28)33-30(34)16-9-17-32(33)36(31,2)3/h1-31H;3-22H,1-2H3;4-22H,1-3H3. The molecule has 0 bridgehead atoms. The minimum Gasteiger partial charge on any atom is -0.454 e. The van der Waals surface area contributed by atoms with E-state index in [2.05, 4.69) is 441 Å². The molecule has 5 nitrogen and oxygen atoms in total. The molecule has 5 heterocycles. The summed E-state index contributed by atoms with van der Waals surface area (Å²) >= 11 is 20.9. The highest BCUT2D eigenvalue weighted by Crippen LogP contribution is 2.49. The summed E-state index contributed by atoms with van der Waals surface area (Å²) in [5.41, 5.74) is 25.0. The summed E-state index contributed by atoms with van der Waals surface area (Å²) in [7, 11) is -6.37. The monoisotopic (exact) mass is 1710 g/mol. The van der Waals surface area contributed by atoms with E-state index in [9.17, 15) is 0 Å². The lowest BCUT2D eigenvalue weighted by Crippen LogP contribution is -2.72. The van der Waals surface area contributed by atoms with Gasteiger partial charge in [0.05, 0.1) is 11.4 Å². The number of nitrogens with zero attached hydrogens (tertiary/aromatic N) is 4. The van der Waals surface area contributed by atoms with Crippen molar-refractivity contribution in [1.29, 1.82) is 0 Å². The molecule has 0 saturated heterocycles. The molecule has 1 atom stereocenters. The predicted octanol–water partition coefficient (Wildman–Crippen LogP) is 27.6. The molecule has 0 radical (unpaired) electrons. The number of pyridine rings is 1. The first-order chi connectivity index (χ1) is 61.2. The largest absolute Gasteiger partial charge is 0.454 e. The number of fused-ring (bicyclic) bond motifs is 14. The van der Waals surface area contributed by atoms with Crippen molar-refractivity contribution in [2.45, 2.75) is 33.1 Å². The van der Waals surface area contributed by atoms with Gasteiger partial charge in [0.2, 0.25) is 0 Å². The van der Waals surface area contributed by atoms with Crippen molar-refractivity contribution < 1.29 is 4.42 Å². The van der Waals surface area contributed by atoms with Gasteiger partial charge in [-0.05, 0) is 248 Å². The summed E-state index contributed by atoms with van der Waals surface area (Å²) in [6, 6.07) is 148. The number of furan rings is 1. The van der Waals surface area contributed by atoms with Crippen molar-refractivity contribution in [3.63, 3.8) is 0 Å². The number of benzene rings is 18. The molecular weight excluding hydrogens is 1630 g/mol. The summed E-state index contributed by atoms with van der Waals surface area (Å²) in [5.74, 6) is 0. The molecule has 600 valence electrons. The summed E-state index contributed by atoms with van der Waals surface area (Å²) in [6.45, 7) is 11.8. The van der Waals surface area contributed by atoms with E-state index in [0.29, 0.717) is 0 Å². The zero-order valence-corrected chi connectivity index (χ0v) is 75.0. The smallest absolute Gasteiger partial charge is 0.182 e. The fraction of sp³-hybridized carbons (Fsp3) is 0.0439. The van der Waals surface area contributed by atoms with Gasteiger partial charge in [0.15, 0.2) is 13.7 Å². The Labute approximate surface area is 747 Å². The molecule has 18 aromatic carbocycles. The molecule has 0 N–H and O–H groups in total. The summed E-state index contributed by atoms with van der Waals surface area (Å²) in [6.07, 6.45) is 3.92. The van der Waals surface area contributed by atoms with Crippen LogP contribution in [0.25, 0.3) is 99.1 Å². The van der Waals surface area contributed by atoms with E-state index in [-0.39, 0.29) is 0 Å². The predicted molar refractivity (Wildman–Crippen MR) is 541 cm³/mol. The van der Waals surface area contributed by atoms with Gasteiger partial charge >= 0.3 is 0 Å². The number of rotatable bonds is 13. The van der Waals surface area contributed by atoms with Crippen molar-refractivity contribution in [3.05, 3.63) is 446 Å². The van der Waals surface area contributed by atoms with Crippen molar-refractivity contribution in [2.75, 3.05) is 14.7 Å². The van der Waals surface area contributed by atoms with Crippen LogP contribution in [0.3, 0.4) is 0 Å². The Morgan fingerprint density at radius 2 is 0.704 bits per heavy atom. The van der Waals surface area contributed by atoms with Crippen LogP contribution in [0.1, 0.15) is 5.56 Å². The molecule has 23 rings (SSSR count). The second kappa shape index (κ2) is 32.2. The van der Waals surface area contributed by atoms with Crippen molar-refractivity contribution in [1.82, 2.24) is 4.98 Å². The number of aromatic nitrogens is 1. The second-order valence-corrected chi connectivity index (χ2v) is 47.3. The first kappa shape index (κ1) is 78.6. The molecule has 0 amide bonds. The normalized spacial score (nSPS) is 13.9. The van der Waals surface area contributed by atoms with E-state index in [1.807, 2.05) is 36.5 Å². The zero-order chi connectivity index (χ0) is 84.7. The van der Waals surface area contributed by atoms with Crippen LogP contribution >= 0.6 is 34.8 Å². The van der Waals surface area contributed by atoms with Gasteiger partial charge in [-0.3, -0.25) is 4.98 Å². The van der Waals surface area contributed by atoms with Gasteiger partial charge < -0.3 is 19.1 Å². The Kier molecular flexibility index (Phi) is 20.3. The van der Waals surface area contributed by atoms with E-state index < -0.39 is 24.2 Å². The van der Waals surface area contributed by atoms with Gasteiger partial charge in [0.25, 0.3) is 0 Å². The quantitative estimate of drug-likeness (QED) is 0.108. The van der Waals surface area contributed by atoms with Gasteiger partial charge in [-0.25, -0.2) is 0 Å². The van der Waals surface area contributed by atoms with Gasteiger partial charge in [-0.15, -0.1) is 0 Å². The molecule has 3 aliphatic heterocycles. The Balaban J connectivity index is 0.000000116. The van der Waals surface area contributed by atoms with Crippen molar-refractivity contribution >= 4 is 195 Å². The third-order valence-electron chi connectivity index (χ3n) is 25.8. The first-order valence-corrected chi connectivity index (χ1v) is 51.7. The third-order valence-corrected chi connectivity index (χ3v) is 38.6. The van der Waals surface area contributed by atoms with Crippen LogP contribution in [-0.4, -0.2) is 29.2 Å². The van der Waals surface area contributed by atoms with E-state index in [1.54, 1.807) is 0 Å². The highest BCUT2D eigenvalue weighted by atomic mass is 35.5. The zero-order valence-electron chi connectivity index (χ0n) is 69.7. The van der Waals surface area contributed by atoms with Crippen LogP contribution in [0.4, 0.5) is 51.2 Å². The Morgan fingerprint density at radius 1 is 0.272 bits per heavy atom. The van der Waals surface area contributed by atoms with Gasteiger partial charge in [0.1, 0.15) is 21.7 Å². The van der Waals surface area contributed by atoms with E-state index in [0.717, 1.165) is 93.8 Å². The minimum absolute atomic E-state index is 0.773. The minimum atomic E-state index is -2.72. The highest BCUT2D eigenvalue weighted by molar-refractivity contribution is 7.22. The number of halogens is 3. The molecule has 1 unspecified atom stereocenters. The lowest BCUT2D eigenvalue weighted by atomic mass is 10.0. The van der Waals surface area contributed by atoms with E-state index in [1.165, 1.54) is 119 Å². The van der Waals surface area contributed by atoms with Crippen LogP contribution in [0.15, 0.2) is 429 Å². The molecule has 11 heteroatoms. The molecule has 3 aliphatic rings. The number of hydrogen-bond donors (Lipinski definition) is 0. The molecule has 125 heavy (non-hydrogen) atoms. The number of para-hydroxylation sites is 2. The van der Waals surface area contributed by atoms with Crippen LogP contribution in [0.2, 0.25) is 41.3 Å². The maximum Gasteiger partial charge on any atom is 0.182 e. The topological polar surface area (TPSA) is 35.8 Å². The molecule has 0 saturated carbocycles. The second-order valence-electron chi connectivity index (χ2n) is 33.7. The molecule has 0 aliphatic carbocycles. The van der Waals surface area contributed by atoms with Crippen molar-refractivity contribution in [3.8, 4) is 55.6 Å². The maximum atomic E-state index is 7.20. The average molecular weight is 1720 g/mol. The van der Waals surface area contributed by atoms with Crippen LogP contribution in [-0.2, 0) is 0 Å². The van der Waals surface area contributed by atoms with Gasteiger partial charge in [0, 0.05) is 89.0 Å². The number of anilines is 9. The molecular formula is C114H85Cl3N4OSi3. The van der Waals surface area contributed by atoms with Crippen LogP contribution in [0, 0.1) is 6.92 Å². The highest BCUT2D eigenvalue weighted by Gasteiger charge is 2.50. The molecule has 0 spiro atoms. The van der Waals surface area contributed by atoms with Crippen molar-refractivity contribution in [2.24, 2.45) is 0 Å². The third kappa shape index (κ3) is 13.7. The fourth-order valence-corrected chi connectivity index (χ4v) is 32.2. The Hall–Kier alpha value is -13.6. The maximum absolute atomic E-state index is 7.20. The fourth-order valence-electron chi connectivity index (χ4n) is 19.9. The first-order valence-electron chi connectivity index (χ1n) is 42.6. The van der Waals surface area contributed by atoms with Crippen LogP contribution in [0.5, 0.6) is 0 Å². The van der Waals surface area contributed by atoms with Gasteiger partial charge in [-0.1, -0.05) is 346 Å². The Morgan fingerprint density at radius 3 is 1.34 bits per heavy atom. The molecule has 0 fully saturated rings. The van der Waals surface area contributed by atoms with Crippen LogP contribution < -0.4 is 56.2 Å². The lowest BCUT2D eigenvalue weighted by Gasteiger charge is -2.31. The summed E-state index contributed by atoms with van der Waals surface area (Å²) in [5, 5.41) is 20.4. The summed E-state index contributed by atoms with van der Waals surface area (Å²) < 4.78 is 6.56. The van der Waals surface area contributed by atoms with E-state index in [4.69, 9.17) is 39.2 Å². The SMILES string of the molecule is C[Si]1(C)c2ccc(N(c3cccc4ccccc34)c3cccc4c3oc3ccccc34)cc2-c2c(Cl)cccc21.Cc1cccc(N(c2cccc(-c3ccccc3)c2)c2ccc3c(c2)-c2c(Cl)cccc2[Si]3(C)C)c1.Clc1cccc2c1-c1cc(N(c3ccc(-c4ccccc4)cc3)c3ccc4ccccc4c3)ccc1[Si]2(c1ccccc1)c1cccnc1. The molecule has 2 aromatic heterocycles. The average Bonchev–Trinajstić information content (AvgIpc) is 1.54. The van der Waals surface area contributed by atoms with Gasteiger partial charge in [-0.2, -0.15) is 0 Å². The lowest BCUT2D eigenvalue weighted by molar-refractivity contribution is 0.669. The Bertz CT molecular complexity index is 7530. The molecule has 20 aromatic rings. The number of hydrogen-bond acceptors (Lipinski definition) is 5.